The summed E-state index contributed by atoms with van der Waals surface area (Å²) in [7, 11) is 1.89. The minimum absolute atomic E-state index is 0.0459. The van der Waals surface area contributed by atoms with Gasteiger partial charge in [-0.25, -0.2) is 18.8 Å². The molecule has 1 aliphatic carbocycles. The number of aliphatic hydroxyl groups excluding tert-OH is 1. The Morgan fingerprint density at radius 3 is 2.56 bits per heavy atom. The molecule has 1 N–H and O–H groups in total. The van der Waals surface area contributed by atoms with Gasteiger partial charge < -0.3 is 10.0 Å². The molecule has 0 radical (unpaired) electrons. The van der Waals surface area contributed by atoms with Gasteiger partial charge in [0.05, 0.1) is 17.9 Å². The van der Waals surface area contributed by atoms with Crippen molar-refractivity contribution in [1.29, 1.82) is 0 Å². The Balaban J connectivity index is 0.000000390. The molecule has 3 heterocycles. The molecule has 0 saturated heterocycles. The van der Waals surface area contributed by atoms with Crippen LogP contribution in [0.3, 0.4) is 0 Å². The fraction of sp³-hybridized carbons (Fsp3) is 0.385. The normalized spacial score (nSPS) is 11.9. The highest BCUT2D eigenvalue weighted by molar-refractivity contribution is 6.30. The lowest BCUT2D eigenvalue weighted by atomic mass is 10.2. The highest BCUT2D eigenvalue weighted by atomic mass is 35.5. The number of aromatic nitrogens is 5. The van der Waals surface area contributed by atoms with Gasteiger partial charge in [0, 0.05) is 49.2 Å². The summed E-state index contributed by atoms with van der Waals surface area (Å²) < 4.78 is 17.9. The molecule has 0 spiro atoms. The third-order valence-corrected chi connectivity index (χ3v) is 5.94. The largest absolute Gasteiger partial charge is 0.395 e. The second-order valence-electron chi connectivity index (χ2n) is 7.93. The first kappa shape index (κ1) is 27.3. The fourth-order valence-corrected chi connectivity index (χ4v) is 4.19. The summed E-state index contributed by atoms with van der Waals surface area (Å²) in [5.41, 5.74) is 1.88. The Kier molecular flexibility index (Phi) is 9.55. The second-order valence-corrected chi connectivity index (χ2v) is 8.37. The summed E-state index contributed by atoms with van der Waals surface area (Å²) in [6.45, 7) is 6.86. The van der Waals surface area contributed by atoms with Crippen LogP contribution >= 0.6 is 11.6 Å². The van der Waals surface area contributed by atoms with Gasteiger partial charge in [-0.1, -0.05) is 25.4 Å². The molecule has 0 fully saturated rings. The number of benzene rings is 1. The van der Waals surface area contributed by atoms with Gasteiger partial charge in [-0.05, 0) is 50.5 Å². The second kappa shape index (κ2) is 12.6. The van der Waals surface area contributed by atoms with Crippen LogP contribution in [0.1, 0.15) is 38.4 Å². The molecule has 10 heteroatoms. The number of hydrogen-bond donors (Lipinski definition) is 1. The zero-order valence-electron chi connectivity index (χ0n) is 21.1. The molecule has 8 nitrogen and oxygen atoms in total. The molecule has 5 rings (SSSR count). The van der Waals surface area contributed by atoms with E-state index in [1.165, 1.54) is 16.5 Å². The molecule has 192 valence electrons. The Morgan fingerprint density at radius 2 is 1.97 bits per heavy atom. The number of nitrogens with zero attached hydrogens (tertiary/aromatic N) is 6. The van der Waals surface area contributed by atoms with Crippen LogP contribution in [0, 0.1) is 5.82 Å². The van der Waals surface area contributed by atoms with Crippen molar-refractivity contribution < 1.29 is 9.50 Å². The van der Waals surface area contributed by atoms with E-state index >= 15 is 0 Å². The van der Waals surface area contributed by atoms with E-state index in [0.717, 1.165) is 18.5 Å². The van der Waals surface area contributed by atoms with Gasteiger partial charge in [0.25, 0.3) is 5.56 Å². The molecule has 0 atom stereocenters. The Bertz CT molecular complexity index is 1360. The van der Waals surface area contributed by atoms with Gasteiger partial charge >= 0.3 is 0 Å². The lowest BCUT2D eigenvalue weighted by Gasteiger charge is -2.22. The van der Waals surface area contributed by atoms with E-state index in [-0.39, 0.29) is 28.6 Å². The number of halogens is 2. The molecule has 0 aliphatic heterocycles. The smallest absolute Gasteiger partial charge is 0.263 e. The van der Waals surface area contributed by atoms with Crippen molar-refractivity contribution in [3.63, 3.8) is 0 Å². The first-order chi connectivity index (χ1) is 17.4. The van der Waals surface area contributed by atoms with Gasteiger partial charge in [0.1, 0.15) is 17.3 Å². The lowest BCUT2D eigenvalue weighted by molar-refractivity contribution is 0.302. The van der Waals surface area contributed by atoms with Crippen molar-refractivity contribution >= 4 is 23.1 Å². The van der Waals surface area contributed by atoms with Gasteiger partial charge in [-0.15, -0.1) is 0 Å². The molecule has 0 bridgehead atoms. The monoisotopic (exact) mass is 514 g/mol. The maximum absolute atomic E-state index is 14.7. The summed E-state index contributed by atoms with van der Waals surface area (Å²) in [5.74, 6) is 0.159. The average Bonchev–Trinajstić information content (AvgIpc) is 3.55. The number of aryl methyl sites for hydroxylation is 2. The van der Waals surface area contributed by atoms with Crippen molar-refractivity contribution in [2.75, 3.05) is 24.6 Å². The number of hydrogen-bond acceptors (Lipinski definition) is 6. The molecular formula is C26H32ClFN6O2. The fourth-order valence-electron chi connectivity index (χ4n) is 4.03. The van der Waals surface area contributed by atoms with E-state index in [4.69, 9.17) is 11.6 Å². The summed E-state index contributed by atoms with van der Waals surface area (Å²) in [6, 6.07) is 7.90. The molecule has 1 aliphatic rings. The topological polar surface area (TPSA) is 88.5 Å². The molecule has 0 unspecified atom stereocenters. The zero-order chi connectivity index (χ0) is 26.2. The van der Waals surface area contributed by atoms with Crippen molar-refractivity contribution in [2.24, 2.45) is 7.05 Å². The lowest BCUT2D eigenvalue weighted by Crippen LogP contribution is -2.29. The number of aliphatic hydroxyl groups is 1. The quantitative estimate of drug-likeness (QED) is 0.427. The minimum Gasteiger partial charge on any atom is -0.395 e. The molecule has 4 aromatic rings. The third-order valence-electron chi connectivity index (χ3n) is 5.70. The summed E-state index contributed by atoms with van der Waals surface area (Å²) >= 11 is 5.90. The van der Waals surface area contributed by atoms with Crippen LogP contribution in [-0.2, 0) is 19.9 Å². The maximum atomic E-state index is 14.7. The van der Waals surface area contributed by atoms with Crippen LogP contribution in [0.25, 0.3) is 17.0 Å². The molecular weight excluding hydrogens is 483 g/mol. The van der Waals surface area contributed by atoms with Gasteiger partial charge in [-0.3, -0.25) is 9.48 Å². The van der Waals surface area contributed by atoms with Gasteiger partial charge in [-0.2, -0.15) is 5.10 Å². The Morgan fingerprint density at radius 1 is 1.19 bits per heavy atom. The van der Waals surface area contributed by atoms with Crippen LogP contribution < -0.4 is 10.5 Å². The van der Waals surface area contributed by atoms with Crippen molar-refractivity contribution in [2.45, 2.75) is 40.0 Å². The molecule has 36 heavy (non-hydrogen) atoms. The predicted molar refractivity (Wildman–Crippen MR) is 141 cm³/mol. The highest BCUT2D eigenvalue weighted by Gasteiger charge is 2.23. The first-order valence-electron chi connectivity index (χ1n) is 12.1. The summed E-state index contributed by atoms with van der Waals surface area (Å²) in [5, 5.41) is 13.5. The van der Waals surface area contributed by atoms with E-state index in [9.17, 15) is 14.3 Å². The molecule has 1 aromatic carbocycles. The number of likely N-dealkylation sites (N-methyl/N-ethyl adjacent to an activating group) is 1. The predicted octanol–water partition coefficient (Wildman–Crippen LogP) is 4.30. The summed E-state index contributed by atoms with van der Waals surface area (Å²) in [6.07, 6.45) is 5.95. The van der Waals surface area contributed by atoms with Crippen LogP contribution in [0.4, 0.5) is 10.2 Å². The van der Waals surface area contributed by atoms with Crippen molar-refractivity contribution in [1.82, 2.24) is 24.1 Å². The van der Waals surface area contributed by atoms with E-state index in [0.29, 0.717) is 36.5 Å². The van der Waals surface area contributed by atoms with Crippen molar-refractivity contribution in [3.8, 4) is 11.4 Å². The first-order valence-corrected chi connectivity index (χ1v) is 12.5. The third kappa shape index (κ3) is 5.91. The number of anilines is 1. The van der Waals surface area contributed by atoms with E-state index in [2.05, 4.69) is 15.1 Å². The van der Waals surface area contributed by atoms with Gasteiger partial charge in [0.15, 0.2) is 5.82 Å². The zero-order valence-corrected chi connectivity index (χ0v) is 21.8. The van der Waals surface area contributed by atoms with Crippen LogP contribution in [0.15, 0.2) is 47.5 Å². The van der Waals surface area contributed by atoms with E-state index in [1.54, 1.807) is 23.0 Å². The minimum atomic E-state index is -0.559. The van der Waals surface area contributed by atoms with E-state index in [1.807, 2.05) is 45.0 Å². The Labute approximate surface area is 215 Å². The van der Waals surface area contributed by atoms with Crippen LogP contribution in [0.5, 0.6) is 0 Å². The standard InChI is InChI=1S/C20H20ClFN4O2.C4H6N2.C2H6/c1-2-25(8-9-27)17-11-18-23-16-5-3-4-14(16)20(28)26(18)19(24-17)13-7-6-12(21)10-15(13)22;1-6-4-2-3-5-6;1-2/h6-7,10-11,27H,2-5,8-9H2,1H3;2-4H,1H3;1-2H3. The molecule has 3 aromatic heterocycles. The highest BCUT2D eigenvalue weighted by Crippen LogP contribution is 2.28. The van der Waals surface area contributed by atoms with E-state index < -0.39 is 5.82 Å². The van der Waals surface area contributed by atoms with Crippen LogP contribution in [0.2, 0.25) is 5.02 Å². The van der Waals surface area contributed by atoms with Gasteiger partial charge in [0.2, 0.25) is 0 Å². The summed E-state index contributed by atoms with van der Waals surface area (Å²) in [4.78, 5) is 24.3. The SMILES string of the molecule is CC.CCN(CCO)c1cc2nc3c(c(=O)n2c(-c2ccc(Cl)cc2F)n1)CCC3.Cn1cccn1. The Hall–Kier alpha value is -3.30. The number of rotatable bonds is 5. The van der Waals surface area contributed by atoms with Crippen molar-refractivity contribution in [3.05, 3.63) is 75.2 Å². The molecule has 0 amide bonds. The maximum Gasteiger partial charge on any atom is 0.263 e. The number of fused-ring (bicyclic) bond motifs is 2. The average molecular weight is 515 g/mol. The molecule has 0 saturated carbocycles. The van der Waals surface area contributed by atoms with Crippen LogP contribution in [-0.4, -0.2) is 49.0 Å².